The Morgan fingerprint density at radius 2 is 2.04 bits per heavy atom. The van der Waals surface area contributed by atoms with E-state index in [1.54, 1.807) is 6.92 Å². The third kappa shape index (κ3) is 4.96. The van der Waals surface area contributed by atoms with Crippen LogP contribution < -0.4 is 5.32 Å². The van der Waals surface area contributed by atoms with Gasteiger partial charge in [-0.15, -0.1) is 0 Å². The van der Waals surface area contributed by atoms with E-state index in [0.29, 0.717) is 60.0 Å². The first-order chi connectivity index (χ1) is 12.9. The summed E-state index contributed by atoms with van der Waals surface area (Å²) >= 11 is 0. The summed E-state index contributed by atoms with van der Waals surface area (Å²) in [4.78, 5) is 32.0. The van der Waals surface area contributed by atoms with E-state index in [1.165, 1.54) is 7.11 Å². The number of ether oxygens (including phenoxy) is 1. The maximum absolute atomic E-state index is 12.6. The van der Waals surface area contributed by atoms with Crippen molar-refractivity contribution in [3.63, 3.8) is 0 Å². The van der Waals surface area contributed by atoms with Gasteiger partial charge in [0.15, 0.2) is 5.82 Å². The van der Waals surface area contributed by atoms with Crippen LogP contribution in [0.2, 0.25) is 0 Å². The van der Waals surface area contributed by atoms with Crippen LogP contribution in [0.25, 0.3) is 0 Å². The van der Waals surface area contributed by atoms with Crippen molar-refractivity contribution in [1.82, 2.24) is 20.4 Å². The summed E-state index contributed by atoms with van der Waals surface area (Å²) in [5.74, 6) is 0.826. The molecular weight excluding hydrogens is 348 g/mol. The monoisotopic (exact) mass is 376 g/mol. The van der Waals surface area contributed by atoms with Crippen molar-refractivity contribution in [2.24, 2.45) is 0 Å². The predicted molar refractivity (Wildman–Crippen MR) is 99.9 cm³/mol. The van der Waals surface area contributed by atoms with Gasteiger partial charge in [0, 0.05) is 24.6 Å². The number of hydrogen-bond donors (Lipinski definition) is 2. The molecule has 0 aliphatic rings. The summed E-state index contributed by atoms with van der Waals surface area (Å²) < 4.78 is 10.0. The molecule has 2 N–H and O–H groups in total. The lowest BCUT2D eigenvalue weighted by atomic mass is 10.0. The molecule has 0 aromatic carbocycles. The van der Waals surface area contributed by atoms with E-state index in [9.17, 15) is 9.59 Å². The summed E-state index contributed by atoms with van der Waals surface area (Å²) in [7, 11) is 1.34. The zero-order valence-electron chi connectivity index (χ0n) is 16.6. The Morgan fingerprint density at radius 3 is 2.63 bits per heavy atom. The SMILES string of the molecule is CCCc1c(C(=O)NCCCc2nc(C(C)C)no2)[nH]c(C)c1C(=O)OC. The summed E-state index contributed by atoms with van der Waals surface area (Å²) in [5.41, 5.74) is 2.23. The average Bonchev–Trinajstić information content (AvgIpc) is 3.23. The smallest absolute Gasteiger partial charge is 0.339 e. The molecule has 0 unspecified atom stereocenters. The van der Waals surface area contributed by atoms with Crippen LogP contribution in [0.4, 0.5) is 0 Å². The Hall–Kier alpha value is -2.64. The van der Waals surface area contributed by atoms with Gasteiger partial charge in [0.1, 0.15) is 5.69 Å². The minimum atomic E-state index is -0.427. The number of H-pyrrole nitrogens is 1. The molecule has 0 spiro atoms. The number of methoxy groups -OCH3 is 1. The van der Waals surface area contributed by atoms with Gasteiger partial charge < -0.3 is 19.6 Å². The molecule has 8 heteroatoms. The normalized spacial score (nSPS) is 11.0. The fourth-order valence-electron chi connectivity index (χ4n) is 2.88. The molecule has 2 aromatic rings. The molecule has 0 atom stereocenters. The quantitative estimate of drug-likeness (QED) is 0.514. The van der Waals surface area contributed by atoms with Crippen LogP contribution in [0.3, 0.4) is 0 Å². The van der Waals surface area contributed by atoms with Gasteiger partial charge in [-0.1, -0.05) is 32.3 Å². The van der Waals surface area contributed by atoms with Gasteiger partial charge in [0.25, 0.3) is 5.91 Å². The first kappa shape index (κ1) is 20.7. The van der Waals surface area contributed by atoms with Crippen molar-refractivity contribution < 1.29 is 18.8 Å². The van der Waals surface area contributed by atoms with E-state index in [2.05, 4.69) is 20.4 Å². The number of aromatic amines is 1. The molecule has 0 fully saturated rings. The first-order valence-electron chi connectivity index (χ1n) is 9.29. The molecule has 2 heterocycles. The highest BCUT2D eigenvalue weighted by atomic mass is 16.5. The second-order valence-corrected chi connectivity index (χ2v) is 6.78. The van der Waals surface area contributed by atoms with E-state index in [-0.39, 0.29) is 11.8 Å². The Morgan fingerprint density at radius 1 is 1.30 bits per heavy atom. The predicted octanol–water partition coefficient (Wildman–Crippen LogP) is 2.93. The molecule has 8 nitrogen and oxygen atoms in total. The lowest BCUT2D eigenvalue weighted by Crippen LogP contribution is -2.26. The van der Waals surface area contributed by atoms with Gasteiger partial charge >= 0.3 is 5.97 Å². The summed E-state index contributed by atoms with van der Waals surface area (Å²) in [6.45, 7) is 8.24. The molecule has 2 aromatic heterocycles. The number of carbonyl (C=O) groups is 2. The van der Waals surface area contributed by atoms with Crippen molar-refractivity contribution in [1.29, 1.82) is 0 Å². The molecule has 0 radical (unpaired) electrons. The number of aromatic nitrogens is 3. The highest BCUT2D eigenvalue weighted by Gasteiger charge is 2.24. The number of amides is 1. The number of esters is 1. The fourth-order valence-corrected chi connectivity index (χ4v) is 2.88. The van der Waals surface area contributed by atoms with Crippen LogP contribution in [0.1, 0.15) is 83.3 Å². The zero-order valence-corrected chi connectivity index (χ0v) is 16.6. The van der Waals surface area contributed by atoms with Crippen LogP contribution >= 0.6 is 0 Å². The highest BCUT2D eigenvalue weighted by molar-refractivity contribution is 6.00. The van der Waals surface area contributed by atoms with Crippen molar-refractivity contribution >= 4 is 11.9 Å². The van der Waals surface area contributed by atoms with Crippen molar-refractivity contribution in [2.45, 2.75) is 59.3 Å². The van der Waals surface area contributed by atoms with Crippen molar-refractivity contribution in [3.05, 3.63) is 34.2 Å². The van der Waals surface area contributed by atoms with Crippen molar-refractivity contribution in [3.8, 4) is 0 Å². The second kappa shape index (κ2) is 9.34. The number of carbonyl (C=O) groups excluding carboxylic acids is 2. The van der Waals surface area contributed by atoms with Crippen LogP contribution in [0.5, 0.6) is 0 Å². The molecular formula is C19H28N4O4. The second-order valence-electron chi connectivity index (χ2n) is 6.78. The summed E-state index contributed by atoms with van der Waals surface area (Å²) in [6.07, 6.45) is 2.71. The Kier molecular flexibility index (Phi) is 7.15. The lowest BCUT2D eigenvalue weighted by molar-refractivity contribution is 0.0599. The molecule has 148 valence electrons. The average molecular weight is 376 g/mol. The van der Waals surface area contributed by atoms with Crippen LogP contribution in [0.15, 0.2) is 4.52 Å². The van der Waals surface area contributed by atoms with Gasteiger partial charge in [-0.25, -0.2) is 4.79 Å². The molecule has 0 aliphatic carbocycles. The van der Waals surface area contributed by atoms with E-state index in [0.717, 1.165) is 6.42 Å². The Bertz CT molecular complexity index is 792. The largest absolute Gasteiger partial charge is 0.465 e. The van der Waals surface area contributed by atoms with Gasteiger partial charge in [-0.2, -0.15) is 4.98 Å². The van der Waals surface area contributed by atoms with Crippen LogP contribution in [-0.4, -0.2) is 40.7 Å². The zero-order chi connectivity index (χ0) is 20.0. The first-order valence-corrected chi connectivity index (χ1v) is 9.29. The van der Waals surface area contributed by atoms with Gasteiger partial charge in [-0.05, 0) is 25.3 Å². The maximum atomic E-state index is 12.6. The molecule has 0 aliphatic heterocycles. The van der Waals surface area contributed by atoms with E-state index in [4.69, 9.17) is 9.26 Å². The third-order valence-electron chi connectivity index (χ3n) is 4.26. The minimum Gasteiger partial charge on any atom is -0.465 e. The number of nitrogens with zero attached hydrogens (tertiary/aromatic N) is 2. The van der Waals surface area contributed by atoms with Crippen molar-refractivity contribution in [2.75, 3.05) is 13.7 Å². The Balaban J connectivity index is 1.97. The number of hydrogen-bond acceptors (Lipinski definition) is 6. The molecule has 0 saturated carbocycles. The Labute approximate surface area is 159 Å². The molecule has 0 bridgehead atoms. The summed E-state index contributed by atoms with van der Waals surface area (Å²) in [5, 5.41) is 6.81. The fraction of sp³-hybridized carbons (Fsp3) is 0.579. The van der Waals surface area contributed by atoms with Gasteiger partial charge in [0.05, 0.1) is 12.7 Å². The molecule has 1 amide bonds. The molecule has 0 saturated heterocycles. The molecule has 2 rings (SSSR count). The van der Waals surface area contributed by atoms with Gasteiger partial charge in [-0.3, -0.25) is 4.79 Å². The number of nitrogens with one attached hydrogen (secondary N) is 2. The summed E-state index contributed by atoms with van der Waals surface area (Å²) in [6, 6.07) is 0. The minimum absolute atomic E-state index is 0.222. The number of rotatable bonds is 9. The third-order valence-corrected chi connectivity index (χ3v) is 4.26. The molecule has 27 heavy (non-hydrogen) atoms. The topological polar surface area (TPSA) is 110 Å². The lowest BCUT2D eigenvalue weighted by Gasteiger charge is -2.07. The maximum Gasteiger partial charge on any atom is 0.339 e. The van der Waals surface area contributed by atoms with E-state index in [1.807, 2.05) is 20.8 Å². The van der Waals surface area contributed by atoms with E-state index >= 15 is 0 Å². The number of aryl methyl sites for hydroxylation is 2. The van der Waals surface area contributed by atoms with Gasteiger partial charge in [0.2, 0.25) is 5.89 Å². The van der Waals surface area contributed by atoms with Crippen LogP contribution in [-0.2, 0) is 17.6 Å². The highest BCUT2D eigenvalue weighted by Crippen LogP contribution is 2.21. The van der Waals surface area contributed by atoms with Crippen LogP contribution in [0, 0.1) is 6.92 Å². The van der Waals surface area contributed by atoms with E-state index < -0.39 is 5.97 Å². The standard InChI is InChI=1S/C19H28N4O4/c1-6-8-13-15(19(25)26-5)12(4)21-16(13)18(24)20-10-7-9-14-22-17(11(2)3)23-27-14/h11,21H,6-10H2,1-5H3,(H,20,24).